The van der Waals surface area contributed by atoms with Crippen LogP contribution in [0, 0.1) is 9.41 Å². The summed E-state index contributed by atoms with van der Waals surface area (Å²) in [6.45, 7) is 6.01. The number of rotatable bonds is 10. The molecule has 2 heterocycles. The van der Waals surface area contributed by atoms with Crippen molar-refractivity contribution in [2.75, 3.05) is 6.61 Å². The van der Waals surface area contributed by atoms with Crippen LogP contribution >= 0.6 is 32.2 Å². The number of aromatic nitrogens is 2. The third-order valence-electron chi connectivity index (χ3n) is 5.02. The van der Waals surface area contributed by atoms with Crippen LogP contribution in [0.4, 0.5) is 4.39 Å². The molecule has 0 radical (unpaired) electrons. The van der Waals surface area contributed by atoms with Gasteiger partial charge >= 0.3 is 13.7 Å². The summed E-state index contributed by atoms with van der Waals surface area (Å²) < 4.78 is 53.4. The molecule has 0 bridgehead atoms. The topological polar surface area (TPSA) is 104 Å². The molecular weight excluding hydrogens is 516 g/mol. The molecule has 35 heavy (non-hydrogen) atoms. The van der Waals surface area contributed by atoms with Crippen LogP contribution in [0.2, 0.25) is 0 Å². The van der Waals surface area contributed by atoms with Gasteiger partial charge in [-0.25, -0.2) is 8.96 Å². The summed E-state index contributed by atoms with van der Waals surface area (Å²) in [5, 5.41) is 2.60. The van der Waals surface area contributed by atoms with Crippen molar-refractivity contribution in [2.45, 2.75) is 64.3 Å². The third-order valence-corrected chi connectivity index (χ3v) is 7.22. The number of H-pyrrole nitrogens is 1. The maximum absolute atomic E-state index is 15.4. The Labute approximate surface area is 213 Å². The van der Waals surface area contributed by atoms with Crippen molar-refractivity contribution in [3.05, 3.63) is 52.0 Å². The SMILES string of the molecule is CC(C)OC(=O)[C@H](C)NP(=O)(OC[C@@H]1C[C@@](C)(F)[C@H](n2ccc(=S)[nH]c2=S)O1)Oc1ccccc1. The van der Waals surface area contributed by atoms with Gasteiger partial charge in [-0.15, -0.1) is 0 Å². The normalized spacial score (nSPS) is 24.6. The van der Waals surface area contributed by atoms with E-state index in [9.17, 15) is 9.36 Å². The smallest absolute Gasteiger partial charge is 0.459 e. The van der Waals surface area contributed by atoms with Gasteiger partial charge in [-0.1, -0.05) is 30.4 Å². The maximum Gasteiger partial charge on any atom is 0.459 e. The standard InChI is InChI=1S/C22H29FN3O6PS2/c1-14(2)30-19(27)15(3)25-33(28,32-16-8-6-5-7-9-16)29-13-17-12-22(4,23)20(31-17)26-11-10-18(34)24-21(26)35/h5-11,14-15,17,20H,12-13H2,1-4H3,(H,25,28)(H,24,34,35)/t15-,17-,20+,22+,33?/m0/s1. The Morgan fingerprint density at radius 1 is 1.31 bits per heavy atom. The quantitative estimate of drug-likeness (QED) is 0.230. The maximum atomic E-state index is 15.4. The van der Waals surface area contributed by atoms with E-state index >= 15 is 4.39 Å². The van der Waals surface area contributed by atoms with E-state index in [2.05, 4.69) is 10.1 Å². The van der Waals surface area contributed by atoms with Crippen molar-refractivity contribution >= 4 is 38.2 Å². The Bertz CT molecular complexity index is 1190. The first-order chi connectivity index (χ1) is 16.4. The molecule has 0 amide bonds. The molecule has 3 rings (SSSR count). The predicted molar refractivity (Wildman–Crippen MR) is 133 cm³/mol. The minimum absolute atomic E-state index is 0.0502. The van der Waals surface area contributed by atoms with Crippen LogP contribution in [0.3, 0.4) is 0 Å². The number of esters is 1. The van der Waals surface area contributed by atoms with Crippen LogP contribution in [0.5, 0.6) is 5.75 Å². The van der Waals surface area contributed by atoms with Gasteiger partial charge in [0, 0.05) is 12.6 Å². The Morgan fingerprint density at radius 3 is 2.63 bits per heavy atom. The number of para-hydroxylation sites is 1. The highest BCUT2D eigenvalue weighted by atomic mass is 32.1. The molecule has 13 heteroatoms. The third kappa shape index (κ3) is 7.52. The lowest BCUT2D eigenvalue weighted by atomic mass is 10.0. The molecule has 1 saturated heterocycles. The summed E-state index contributed by atoms with van der Waals surface area (Å²) in [4.78, 5) is 15.1. The highest BCUT2D eigenvalue weighted by Crippen LogP contribution is 2.47. The van der Waals surface area contributed by atoms with Crippen LogP contribution in [-0.4, -0.2) is 46.0 Å². The van der Waals surface area contributed by atoms with Crippen molar-refractivity contribution in [3.8, 4) is 5.75 Å². The number of halogens is 1. The number of nitrogens with zero attached hydrogens (tertiary/aromatic N) is 1. The summed E-state index contributed by atoms with van der Waals surface area (Å²) in [6.07, 6.45) is -0.664. The minimum atomic E-state index is -4.10. The number of nitrogens with one attached hydrogen (secondary N) is 2. The molecule has 1 aromatic carbocycles. The first kappa shape index (κ1) is 27.6. The van der Waals surface area contributed by atoms with Gasteiger partial charge in [0.05, 0.1) is 18.8 Å². The van der Waals surface area contributed by atoms with Gasteiger partial charge in [-0.2, -0.15) is 5.09 Å². The highest BCUT2D eigenvalue weighted by Gasteiger charge is 2.48. The van der Waals surface area contributed by atoms with E-state index in [1.165, 1.54) is 18.4 Å². The number of alkyl halides is 1. The van der Waals surface area contributed by atoms with Crippen LogP contribution < -0.4 is 9.61 Å². The van der Waals surface area contributed by atoms with E-state index in [4.69, 9.17) is 43.0 Å². The molecule has 2 aromatic rings. The van der Waals surface area contributed by atoms with E-state index in [-0.39, 0.29) is 29.7 Å². The Morgan fingerprint density at radius 2 is 2.00 bits per heavy atom. The molecule has 0 saturated carbocycles. The van der Waals surface area contributed by atoms with E-state index in [0.717, 1.165) is 0 Å². The molecule has 1 fully saturated rings. The van der Waals surface area contributed by atoms with Gasteiger partial charge in [0.2, 0.25) is 0 Å². The second-order valence-electron chi connectivity index (χ2n) is 8.64. The predicted octanol–water partition coefficient (Wildman–Crippen LogP) is 5.42. The fourth-order valence-corrected chi connectivity index (χ4v) is 5.51. The summed E-state index contributed by atoms with van der Waals surface area (Å²) in [5.74, 6) is -0.357. The zero-order valence-corrected chi connectivity index (χ0v) is 22.3. The van der Waals surface area contributed by atoms with Crippen LogP contribution in [0.15, 0.2) is 42.6 Å². The van der Waals surface area contributed by atoms with Gasteiger partial charge in [0.1, 0.15) is 16.4 Å². The van der Waals surface area contributed by atoms with Crippen LogP contribution in [0.25, 0.3) is 0 Å². The Kier molecular flexibility index (Phi) is 9.01. The summed E-state index contributed by atoms with van der Waals surface area (Å²) in [5.41, 5.74) is -1.80. The van der Waals surface area contributed by atoms with Gasteiger partial charge in [-0.3, -0.25) is 13.9 Å². The summed E-state index contributed by atoms with van der Waals surface area (Å²) in [6, 6.07) is 8.94. The van der Waals surface area contributed by atoms with E-state index in [1.54, 1.807) is 56.4 Å². The number of aromatic amines is 1. The molecule has 1 aliphatic rings. The monoisotopic (exact) mass is 545 g/mol. The zero-order chi connectivity index (χ0) is 25.8. The molecule has 1 unspecified atom stereocenters. The van der Waals surface area contributed by atoms with E-state index < -0.39 is 37.8 Å². The molecule has 1 aromatic heterocycles. The van der Waals surface area contributed by atoms with Gasteiger partial charge < -0.3 is 19.0 Å². The molecule has 9 nitrogen and oxygen atoms in total. The first-order valence-electron chi connectivity index (χ1n) is 11.0. The zero-order valence-electron chi connectivity index (χ0n) is 19.8. The Hall–Kier alpha value is -1.95. The van der Waals surface area contributed by atoms with Crippen LogP contribution in [0.1, 0.15) is 40.3 Å². The van der Waals surface area contributed by atoms with Crippen molar-refractivity contribution in [2.24, 2.45) is 0 Å². The fraction of sp³-hybridized carbons (Fsp3) is 0.500. The number of carbonyl (C=O) groups is 1. The molecule has 0 spiro atoms. The van der Waals surface area contributed by atoms with Gasteiger partial charge in [0.15, 0.2) is 16.7 Å². The Balaban J connectivity index is 1.75. The lowest BCUT2D eigenvalue weighted by Crippen LogP contribution is -2.36. The molecule has 1 aliphatic heterocycles. The van der Waals surface area contributed by atoms with Crippen molar-refractivity contribution in [1.29, 1.82) is 0 Å². The lowest BCUT2D eigenvalue weighted by Gasteiger charge is -2.24. The van der Waals surface area contributed by atoms with Gasteiger partial charge in [-0.05, 0) is 58.1 Å². The van der Waals surface area contributed by atoms with E-state index in [0.29, 0.717) is 4.64 Å². The molecular formula is C22H29FN3O6PS2. The second kappa shape index (κ2) is 11.4. The summed E-state index contributed by atoms with van der Waals surface area (Å²) >= 11 is 10.3. The molecule has 2 N–H and O–H groups in total. The summed E-state index contributed by atoms with van der Waals surface area (Å²) in [7, 11) is -4.10. The second-order valence-corrected chi connectivity index (χ2v) is 11.2. The molecule has 0 aliphatic carbocycles. The van der Waals surface area contributed by atoms with E-state index in [1.807, 2.05) is 0 Å². The number of carbonyl (C=O) groups excluding carboxylic acids is 1. The molecule has 5 atom stereocenters. The lowest BCUT2D eigenvalue weighted by molar-refractivity contribution is -0.149. The average molecular weight is 546 g/mol. The first-order valence-corrected chi connectivity index (χ1v) is 13.4. The largest absolute Gasteiger partial charge is 0.462 e. The minimum Gasteiger partial charge on any atom is -0.462 e. The van der Waals surface area contributed by atoms with Crippen molar-refractivity contribution < 1.29 is 32.3 Å². The number of ether oxygens (including phenoxy) is 2. The number of benzene rings is 1. The fourth-order valence-electron chi connectivity index (χ4n) is 3.50. The average Bonchev–Trinajstić information content (AvgIpc) is 3.06. The van der Waals surface area contributed by atoms with Crippen molar-refractivity contribution in [3.63, 3.8) is 0 Å². The number of hydrogen-bond acceptors (Lipinski definition) is 8. The molecule has 192 valence electrons. The van der Waals surface area contributed by atoms with Crippen molar-refractivity contribution in [1.82, 2.24) is 14.6 Å². The highest BCUT2D eigenvalue weighted by molar-refractivity contribution is 7.72. The number of hydrogen-bond donors (Lipinski definition) is 2. The van der Waals surface area contributed by atoms with Crippen LogP contribution in [-0.2, 0) is 23.4 Å². The van der Waals surface area contributed by atoms with Gasteiger partial charge in [0.25, 0.3) is 0 Å².